The number of benzene rings is 2. The van der Waals surface area contributed by atoms with E-state index in [1.54, 1.807) is 43.3 Å². The van der Waals surface area contributed by atoms with Gasteiger partial charge >= 0.3 is 17.9 Å². The van der Waals surface area contributed by atoms with E-state index in [0.717, 1.165) is 0 Å². The van der Waals surface area contributed by atoms with Crippen LogP contribution >= 0.6 is 0 Å². The van der Waals surface area contributed by atoms with Crippen molar-refractivity contribution in [3.63, 3.8) is 0 Å². The van der Waals surface area contributed by atoms with Crippen LogP contribution < -0.4 is 0 Å². The van der Waals surface area contributed by atoms with Crippen molar-refractivity contribution in [2.24, 2.45) is 5.92 Å². The summed E-state index contributed by atoms with van der Waals surface area (Å²) < 4.78 is 10.4. The Kier molecular flexibility index (Phi) is 7.49. The number of allylic oxidation sites excluding steroid dienone is 1. The third kappa shape index (κ3) is 5.28. The normalized spacial score (nSPS) is 13.2. The van der Waals surface area contributed by atoms with Crippen LogP contribution in [0.5, 0.6) is 0 Å². The zero-order valence-corrected chi connectivity index (χ0v) is 15.7. The van der Waals surface area contributed by atoms with Crippen molar-refractivity contribution < 1.29 is 29.3 Å². The number of esters is 2. The fourth-order valence-corrected chi connectivity index (χ4v) is 2.72. The van der Waals surface area contributed by atoms with Gasteiger partial charge in [-0.25, -0.2) is 9.59 Å². The molecule has 0 spiro atoms. The quantitative estimate of drug-likeness (QED) is 0.391. The van der Waals surface area contributed by atoms with Gasteiger partial charge in [0.1, 0.15) is 0 Å². The molecule has 0 aliphatic rings. The molecular formula is C22H24O6. The second kappa shape index (κ2) is 9.82. The number of hydrogen-bond donors (Lipinski definition) is 2. The molecule has 0 aromatic heterocycles. The van der Waals surface area contributed by atoms with E-state index in [1.165, 1.54) is 30.3 Å². The lowest BCUT2D eigenvalue weighted by Crippen LogP contribution is -2.51. The molecule has 2 aromatic carbocycles. The van der Waals surface area contributed by atoms with E-state index in [1.807, 2.05) is 0 Å². The first-order valence-corrected chi connectivity index (χ1v) is 8.99. The molecule has 0 aliphatic carbocycles. The van der Waals surface area contributed by atoms with Crippen LogP contribution in [0.25, 0.3) is 0 Å². The monoisotopic (exact) mass is 384 g/mol. The molecule has 2 N–H and O–H groups in total. The van der Waals surface area contributed by atoms with Crippen molar-refractivity contribution in [3.8, 4) is 0 Å². The average Bonchev–Trinajstić information content (AvgIpc) is 2.72. The summed E-state index contributed by atoms with van der Waals surface area (Å²) in [6, 6.07) is 16.0. The second-order valence-electron chi connectivity index (χ2n) is 6.25. The van der Waals surface area contributed by atoms with Crippen LogP contribution in [0.4, 0.5) is 0 Å². The molecule has 2 unspecified atom stereocenters. The van der Waals surface area contributed by atoms with E-state index < -0.39 is 29.9 Å². The van der Waals surface area contributed by atoms with Gasteiger partial charge < -0.3 is 19.7 Å². The van der Waals surface area contributed by atoms with Crippen molar-refractivity contribution in [2.45, 2.75) is 31.8 Å². The Hall–Kier alpha value is -2.96. The van der Waals surface area contributed by atoms with Crippen LogP contribution in [-0.2, 0) is 9.47 Å². The number of carbonyl (C=O) groups is 2. The highest BCUT2D eigenvalue weighted by molar-refractivity contribution is 5.91. The average molecular weight is 384 g/mol. The molecule has 0 heterocycles. The number of aliphatic hydroxyl groups is 2. The summed E-state index contributed by atoms with van der Waals surface area (Å²) in [6.45, 7) is 5.30. The molecule has 0 aliphatic heterocycles. The van der Waals surface area contributed by atoms with E-state index in [-0.39, 0.29) is 24.0 Å². The van der Waals surface area contributed by atoms with Gasteiger partial charge in [0.25, 0.3) is 0 Å². The lowest BCUT2D eigenvalue weighted by molar-refractivity contribution is -0.343. The van der Waals surface area contributed by atoms with Crippen molar-refractivity contribution in [2.75, 3.05) is 0 Å². The first kappa shape index (κ1) is 21.3. The highest BCUT2D eigenvalue weighted by atomic mass is 16.8. The summed E-state index contributed by atoms with van der Waals surface area (Å²) in [5.41, 5.74) is 0.333. The Balaban J connectivity index is 2.36. The van der Waals surface area contributed by atoms with Gasteiger partial charge in [-0.2, -0.15) is 0 Å². The van der Waals surface area contributed by atoms with E-state index in [4.69, 9.17) is 9.47 Å². The Labute approximate surface area is 164 Å². The van der Waals surface area contributed by atoms with Crippen LogP contribution in [0, 0.1) is 5.92 Å². The highest BCUT2D eigenvalue weighted by Gasteiger charge is 2.48. The maximum Gasteiger partial charge on any atom is 0.379 e. The number of aliphatic hydroxyl groups excluding tert-OH is 1. The largest absolute Gasteiger partial charge is 0.394 e. The molecule has 6 nitrogen and oxygen atoms in total. The molecule has 148 valence electrons. The molecule has 0 bridgehead atoms. The van der Waals surface area contributed by atoms with Crippen molar-refractivity contribution in [1.29, 1.82) is 0 Å². The van der Waals surface area contributed by atoms with Gasteiger partial charge in [-0.05, 0) is 37.1 Å². The second-order valence-corrected chi connectivity index (χ2v) is 6.25. The summed E-state index contributed by atoms with van der Waals surface area (Å²) in [4.78, 5) is 25.0. The molecule has 0 saturated carbocycles. The minimum Gasteiger partial charge on any atom is -0.394 e. The molecule has 0 amide bonds. The highest BCUT2D eigenvalue weighted by Crippen LogP contribution is 2.31. The summed E-state index contributed by atoms with van der Waals surface area (Å²) in [6.07, 6.45) is 0.638. The van der Waals surface area contributed by atoms with Crippen LogP contribution in [-0.4, -0.2) is 34.2 Å². The first-order valence-electron chi connectivity index (χ1n) is 8.99. The van der Waals surface area contributed by atoms with Gasteiger partial charge in [-0.15, -0.1) is 6.58 Å². The zero-order chi connectivity index (χ0) is 20.6. The molecule has 28 heavy (non-hydrogen) atoms. The Morgan fingerprint density at radius 3 is 1.79 bits per heavy atom. The van der Waals surface area contributed by atoms with E-state index in [2.05, 4.69) is 6.58 Å². The van der Waals surface area contributed by atoms with Gasteiger partial charge in [-0.1, -0.05) is 49.4 Å². The summed E-state index contributed by atoms with van der Waals surface area (Å²) in [5.74, 6) is -5.57. The standard InChI is InChI=1S/C22H24O6/c1-3-11-18(19(23)4-2)22(26,27-20(24)16-12-7-5-8-13-16)28-21(25)17-14-9-6-10-15-17/h3,5-10,12-15,18-19,23,26H,1,4,11H2,2H3. The topological polar surface area (TPSA) is 93.1 Å². The Morgan fingerprint density at radius 2 is 1.43 bits per heavy atom. The number of carbonyl (C=O) groups excluding carboxylic acids is 2. The molecule has 2 atom stereocenters. The maximum atomic E-state index is 12.5. The van der Waals surface area contributed by atoms with Gasteiger partial charge in [0.05, 0.1) is 23.1 Å². The van der Waals surface area contributed by atoms with Crippen molar-refractivity contribution in [1.82, 2.24) is 0 Å². The van der Waals surface area contributed by atoms with Gasteiger partial charge in [0, 0.05) is 0 Å². The van der Waals surface area contributed by atoms with E-state index in [0.29, 0.717) is 0 Å². The van der Waals surface area contributed by atoms with Gasteiger partial charge in [0.15, 0.2) is 0 Å². The number of rotatable bonds is 9. The molecule has 6 heteroatoms. The van der Waals surface area contributed by atoms with Crippen LogP contribution in [0.1, 0.15) is 40.5 Å². The van der Waals surface area contributed by atoms with E-state index >= 15 is 0 Å². The predicted octanol–water partition coefficient (Wildman–Crippen LogP) is 3.31. The zero-order valence-electron chi connectivity index (χ0n) is 15.7. The van der Waals surface area contributed by atoms with Gasteiger partial charge in [0.2, 0.25) is 0 Å². The lowest BCUT2D eigenvalue weighted by Gasteiger charge is -2.35. The molecule has 0 radical (unpaired) electrons. The third-order valence-corrected chi connectivity index (χ3v) is 4.27. The molecule has 0 fully saturated rings. The fourth-order valence-electron chi connectivity index (χ4n) is 2.72. The summed E-state index contributed by atoms with van der Waals surface area (Å²) >= 11 is 0. The lowest BCUT2D eigenvalue weighted by atomic mass is 9.93. The fraction of sp³-hybridized carbons (Fsp3) is 0.273. The summed E-state index contributed by atoms with van der Waals surface area (Å²) in [7, 11) is 0. The van der Waals surface area contributed by atoms with Gasteiger partial charge in [-0.3, -0.25) is 0 Å². The summed E-state index contributed by atoms with van der Waals surface area (Å²) in [5, 5.41) is 21.4. The number of ether oxygens (including phenoxy) is 2. The van der Waals surface area contributed by atoms with Crippen LogP contribution in [0.15, 0.2) is 73.3 Å². The molecular weight excluding hydrogens is 360 g/mol. The Morgan fingerprint density at radius 1 is 1.00 bits per heavy atom. The van der Waals surface area contributed by atoms with Crippen molar-refractivity contribution in [3.05, 3.63) is 84.4 Å². The van der Waals surface area contributed by atoms with Crippen LogP contribution in [0.3, 0.4) is 0 Å². The Bertz CT molecular complexity index is 734. The third-order valence-electron chi connectivity index (χ3n) is 4.27. The molecule has 2 rings (SSSR count). The minimum atomic E-state index is -2.68. The van der Waals surface area contributed by atoms with Crippen molar-refractivity contribution >= 4 is 11.9 Å². The SMILES string of the molecule is C=CCC(C(O)CC)C(O)(OC(=O)c1ccccc1)OC(=O)c1ccccc1. The predicted molar refractivity (Wildman–Crippen MR) is 103 cm³/mol. The number of hydrogen-bond acceptors (Lipinski definition) is 6. The molecule has 0 saturated heterocycles. The smallest absolute Gasteiger partial charge is 0.379 e. The molecule has 2 aromatic rings. The maximum absolute atomic E-state index is 12.5. The minimum absolute atomic E-state index is 0.0512. The first-order chi connectivity index (χ1) is 13.4. The van der Waals surface area contributed by atoms with Crippen LogP contribution in [0.2, 0.25) is 0 Å². The van der Waals surface area contributed by atoms with E-state index in [9.17, 15) is 19.8 Å².